The fourth-order valence-electron chi connectivity index (χ4n) is 2.36. The zero-order valence-electron chi connectivity index (χ0n) is 12.7. The van der Waals surface area contributed by atoms with E-state index in [0.717, 1.165) is 21.0 Å². The number of carbonyl (C=O) groups excluding carboxylic acids is 2. The van der Waals surface area contributed by atoms with Gasteiger partial charge >= 0.3 is 5.97 Å². The maximum absolute atomic E-state index is 12.6. The lowest BCUT2D eigenvalue weighted by Crippen LogP contribution is -2.13. The van der Waals surface area contributed by atoms with E-state index < -0.39 is 0 Å². The SMILES string of the molecule is CCOC(=O)Cc1cc(C)c(C(=O)c2ccc(C)s2)n1C. The maximum atomic E-state index is 12.6. The van der Waals surface area contributed by atoms with Crippen molar-refractivity contribution in [1.82, 2.24) is 4.57 Å². The highest BCUT2D eigenvalue weighted by atomic mass is 32.1. The lowest BCUT2D eigenvalue weighted by atomic mass is 10.1. The monoisotopic (exact) mass is 305 g/mol. The summed E-state index contributed by atoms with van der Waals surface area (Å²) >= 11 is 1.48. The average molecular weight is 305 g/mol. The summed E-state index contributed by atoms with van der Waals surface area (Å²) in [6.45, 7) is 6.01. The fraction of sp³-hybridized carbons (Fsp3) is 0.375. The molecule has 0 unspecified atom stereocenters. The van der Waals surface area contributed by atoms with Crippen LogP contribution in [0.5, 0.6) is 0 Å². The Morgan fingerprint density at radius 1 is 1.29 bits per heavy atom. The van der Waals surface area contributed by atoms with Crippen LogP contribution >= 0.6 is 11.3 Å². The van der Waals surface area contributed by atoms with Crippen molar-refractivity contribution in [2.45, 2.75) is 27.2 Å². The van der Waals surface area contributed by atoms with E-state index in [-0.39, 0.29) is 18.2 Å². The summed E-state index contributed by atoms with van der Waals surface area (Å²) in [4.78, 5) is 26.0. The largest absolute Gasteiger partial charge is 0.466 e. The average Bonchev–Trinajstić information content (AvgIpc) is 2.95. The van der Waals surface area contributed by atoms with Crippen LogP contribution in [-0.4, -0.2) is 22.9 Å². The molecule has 0 radical (unpaired) electrons. The van der Waals surface area contributed by atoms with E-state index in [9.17, 15) is 9.59 Å². The Kier molecular flexibility index (Phi) is 4.63. The quantitative estimate of drug-likeness (QED) is 0.630. The third-order valence-electron chi connectivity index (χ3n) is 3.33. The molecule has 21 heavy (non-hydrogen) atoms. The molecule has 0 aromatic carbocycles. The number of nitrogens with zero attached hydrogens (tertiary/aromatic N) is 1. The number of hydrogen-bond acceptors (Lipinski definition) is 4. The minimum absolute atomic E-state index is 0.00297. The number of ether oxygens (including phenoxy) is 1. The predicted molar refractivity (Wildman–Crippen MR) is 83.0 cm³/mol. The summed E-state index contributed by atoms with van der Waals surface area (Å²) in [5.41, 5.74) is 2.31. The standard InChI is InChI=1S/C16H19NO3S/c1-5-20-14(18)9-12-8-10(2)15(17(12)4)16(19)13-7-6-11(3)21-13/h6-8H,5,9H2,1-4H3. The van der Waals surface area contributed by atoms with Gasteiger partial charge in [0.25, 0.3) is 0 Å². The van der Waals surface area contributed by atoms with Gasteiger partial charge in [0.1, 0.15) is 0 Å². The lowest BCUT2D eigenvalue weighted by molar-refractivity contribution is -0.142. The summed E-state index contributed by atoms with van der Waals surface area (Å²) in [7, 11) is 1.81. The van der Waals surface area contributed by atoms with Crippen molar-refractivity contribution in [3.8, 4) is 0 Å². The van der Waals surface area contributed by atoms with Gasteiger partial charge in [-0.1, -0.05) is 0 Å². The highest BCUT2D eigenvalue weighted by molar-refractivity contribution is 7.14. The van der Waals surface area contributed by atoms with Crippen LogP contribution < -0.4 is 0 Å². The molecule has 2 aromatic heterocycles. The van der Waals surface area contributed by atoms with Crippen molar-refractivity contribution >= 4 is 23.1 Å². The van der Waals surface area contributed by atoms with Crippen molar-refractivity contribution in [2.24, 2.45) is 7.05 Å². The zero-order chi connectivity index (χ0) is 15.6. The molecule has 0 saturated heterocycles. The third-order valence-corrected chi connectivity index (χ3v) is 4.33. The summed E-state index contributed by atoms with van der Waals surface area (Å²) in [5.74, 6) is -0.271. The molecule has 0 amide bonds. The van der Waals surface area contributed by atoms with Crippen LogP contribution in [0.2, 0.25) is 0 Å². The minimum Gasteiger partial charge on any atom is -0.466 e. The molecule has 0 aliphatic carbocycles. The molecular formula is C16H19NO3S. The van der Waals surface area contributed by atoms with Gasteiger partial charge in [-0.3, -0.25) is 9.59 Å². The molecule has 2 rings (SSSR count). The van der Waals surface area contributed by atoms with Crippen molar-refractivity contribution < 1.29 is 14.3 Å². The molecule has 0 bridgehead atoms. The highest BCUT2D eigenvalue weighted by Crippen LogP contribution is 2.23. The summed E-state index contributed by atoms with van der Waals surface area (Å²) in [5, 5.41) is 0. The summed E-state index contributed by atoms with van der Waals surface area (Å²) in [6, 6.07) is 5.67. The number of ketones is 1. The van der Waals surface area contributed by atoms with Gasteiger partial charge in [0.2, 0.25) is 5.78 Å². The van der Waals surface area contributed by atoms with Gasteiger partial charge in [0.05, 0.1) is 23.6 Å². The molecule has 0 N–H and O–H groups in total. The molecule has 0 spiro atoms. The van der Waals surface area contributed by atoms with Gasteiger partial charge < -0.3 is 9.30 Å². The number of aryl methyl sites for hydroxylation is 2. The normalized spacial score (nSPS) is 10.7. The van der Waals surface area contributed by atoms with Gasteiger partial charge in [0, 0.05) is 17.6 Å². The van der Waals surface area contributed by atoms with Crippen LogP contribution in [0.15, 0.2) is 18.2 Å². The number of aromatic nitrogens is 1. The van der Waals surface area contributed by atoms with Crippen molar-refractivity contribution in [2.75, 3.05) is 6.61 Å². The first-order valence-electron chi connectivity index (χ1n) is 6.86. The Bertz CT molecular complexity index is 682. The van der Waals surface area contributed by atoms with Crippen LogP contribution in [0.25, 0.3) is 0 Å². The predicted octanol–water partition coefficient (Wildman–Crippen LogP) is 3.04. The molecule has 2 heterocycles. The molecule has 0 aliphatic heterocycles. The van der Waals surface area contributed by atoms with E-state index in [0.29, 0.717) is 12.3 Å². The molecule has 0 atom stereocenters. The Labute approximate surface area is 128 Å². The smallest absolute Gasteiger partial charge is 0.311 e. The molecular weight excluding hydrogens is 286 g/mol. The molecule has 112 valence electrons. The van der Waals surface area contributed by atoms with Gasteiger partial charge in [-0.05, 0) is 44.5 Å². The number of thiophene rings is 1. The first-order valence-corrected chi connectivity index (χ1v) is 7.67. The van der Waals surface area contributed by atoms with Gasteiger partial charge in [-0.2, -0.15) is 0 Å². The Morgan fingerprint density at radius 3 is 2.57 bits per heavy atom. The van der Waals surface area contributed by atoms with E-state index in [2.05, 4.69) is 0 Å². The van der Waals surface area contributed by atoms with E-state index in [4.69, 9.17) is 4.74 Å². The van der Waals surface area contributed by atoms with E-state index in [1.807, 2.05) is 39.1 Å². The van der Waals surface area contributed by atoms with Crippen LogP contribution in [0, 0.1) is 13.8 Å². The molecule has 5 heteroatoms. The zero-order valence-corrected chi connectivity index (χ0v) is 13.5. The molecule has 0 aliphatic rings. The Balaban J connectivity index is 2.31. The molecule has 0 fully saturated rings. The van der Waals surface area contributed by atoms with Gasteiger partial charge in [-0.25, -0.2) is 0 Å². The van der Waals surface area contributed by atoms with Crippen LogP contribution in [-0.2, 0) is 23.0 Å². The lowest BCUT2D eigenvalue weighted by Gasteiger charge is -2.07. The molecule has 0 saturated carbocycles. The van der Waals surface area contributed by atoms with Crippen molar-refractivity contribution in [1.29, 1.82) is 0 Å². The van der Waals surface area contributed by atoms with Crippen molar-refractivity contribution in [3.63, 3.8) is 0 Å². The molecule has 2 aromatic rings. The number of hydrogen-bond donors (Lipinski definition) is 0. The summed E-state index contributed by atoms with van der Waals surface area (Å²) < 4.78 is 6.76. The van der Waals surface area contributed by atoms with Crippen LogP contribution in [0.1, 0.15) is 38.4 Å². The second-order valence-electron chi connectivity index (χ2n) is 4.95. The van der Waals surface area contributed by atoms with Crippen LogP contribution in [0.4, 0.5) is 0 Å². The number of rotatable bonds is 5. The van der Waals surface area contributed by atoms with Gasteiger partial charge in [-0.15, -0.1) is 11.3 Å². The Morgan fingerprint density at radius 2 is 2.00 bits per heavy atom. The topological polar surface area (TPSA) is 48.3 Å². The highest BCUT2D eigenvalue weighted by Gasteiger charge is 2.20. The maximum Gasteiger partial charge on any atom is 0.311 e. The van der Waals surface area contributed by atoms with E-state index in [1.54, 1.807) is 11.5 Å². The Hall–Kier alpha value is -1.88. The van der Waals surface area contributed by atoms with E-state index in [1.165, 1.54) is 11.3 Å². The first kappa shape index (κ1) is 15.5. The number of esters is 1. The summed E-state index contributed by atoms with van der Waals surface area (Å²) in [6.07, 6.45) is 0.182. The van der Waals surface area contributed by atoms with Gasteiger partial charge in [0.15, 0.2) is 0 Å². The first-order chi connectivity index (χ1) is 9.93. The third kappa shape index (κ3) is 3.24. The van der Waals surface area contributed by atoms with E-state index >= 15 is 0 Å². The fourth-order valence-corrected chi connectivity index (χ4v) is 3.17. The van der Waals surface area contributed by atoms with Crippen molar-refractivity contribution in [3.05, 3.63) is 44.9 Å². The minimum atomic E-state index is -0.274. The van der Waals surface area contributed by atoms with Crippen LogP contribution in [0.3, 0.4) is 0 Å². The second-order valence-corrected chi connectivity index (χ2v) is 6.24. The number of carbonyl (C=O) groups is 2. The second kappa shape index (κ2) is 6.26. The molecule has 4 nitrogen and oxygen atoms in total.